The second-order valence-corrected chi connectivity index (χ2v) is 11.8. The zero-order valence-electron chi connectivity index (χ0n) is 23.9. The lowest BCUT2D eigenvalue weighted by Gasteiger charge is -2.39. The fourth-order valence-corrected chi connectivity index (χ4v) is 5.63. The van der Waals surface area contributed by atoms with Crippen LogP contribution in [0.25, 0.3) is 0 Å². The molecule has 234 valence electrons. The van der Waals surface area contributed by atoms with Crippen molar-refractivity contribution in [2.24, 2.45) is 0 Å². The van der Waals surface area contributed by atoms with E-state index in [4.69, 9.17) is 14.2 Å². The fourth-order valence-electron chi connectivity index (χ4n) is 4.34. The average molecular weight is 611 g/mol. The molecule has 1 unspecified atom stereocenters. The molecule has 1 fully saturated rings. The van der Waals surface area contributed by atoms with Crippen molar-refractivity contribution in [1.29, 1.82) is 0 Å². The molecule has 5 atom stereocenters. The molecule has 13 heteroatoms. The standard InChI is InChI=1S/C29H42N2O10S/c1-3-5-7-10-16-39-29(36)19-13-14-22(40-21-12-9-8-11-20(21)30-15-6-4-2)24(17-19)42(37,38)31-28-27(35)26(34)25(33)23(18-32)41-28/h8-9,11-14,17,23,25-28,30-35H,3-7,10,15-16,18H2,1-2H3/t23-,25-,26+,27-,28?/m1/s1. The van der Waals surface area contributed by atoms with E-state index in [1.807, 2.05) is 0 Å². The molecule has 42 heavy (non-hydrogen) atoms. The van der Waals surface area contributed by atoms with Crippen LogP contribution in [0.4, 0.5) is 5.69 Å². The monoisotopic (exact) mass is 610 g/mol. The van der Waals surface area contributed by atoms with Gasteiger partial charge in [0.25, 0.3) is 0 Å². The second kappa shape index (κ2) is 16.2. The van der Waals surface area contributed by atoms with E-state index < -0.39 is 58.1 Å². The molecule has 0 spiro atoms. The quantitative estimate of drug-likeness (QED) is 0.121. The van der Waals surface area contributed by atoms with E-state index in [2.05, 4.69) is 23.9 Å². The lowest BCUT2D eigenvalue weighted by molar-refractivity contribution is -0.231. The number of esters is 1. The number of anilines is 1. The number of aliphatic hydroxyl groups excluding tert-OH is 4. The van der Waals surface area contributed by atoms with Gasteiger partial charge in [0.2, 0.25) is 10.0 Å². The SMILES string of the molecule is CCCCCCOC(=O)c1ccc(Oc2ccccc2NCCCC)c(S(=O)(=O)NC2O[C@H](CO)[C@@H](O)[C@H](O)[C@H]2O)c1. The first-order chi connectivity index (χ1) is 20.1. The van der Waals surface area contributed by atoms with Crippen LogP contribution < -0.4 is 14.8 Å². The molecule has 1 saturated heterocycles. The molecule has 0 aromatic heterocycles. The highest BCUT2D eigenvalue weighted by Gasteiger charge is 2.45. The van der Waals surface area contributed by atoms with Crippen LogP contribution in [0.3, 0.4) is 0 Å². The van der Waals surface area contributed by atoms with Crippen molar-refractivity contribution in [3.63, 3.8) is 0 Å². The number of ether oxygens (including phenoxy) is 3. The minimum absolute atomic E-state index is 0.0404. The maximum Gasteiger partial charge on any atom is 0.338 e. The van der Waals surface area contributed by atoms with Gasteiger partial charge in [-0.3, -0.25) is 0 Å². The number of aliphatic hydroxyl groups is 4. The summed E-state index contributed by atoms with van der Waals surface area (Å²) in [4.78, 5) is 12.3. The second-order valence-electron chi connectivity index (χ2n) is 10.1. The summed E-state index contributed by atoms with van der Waals surface area (Å²) in [7, 11) is -4.60. The van der Waals surface area contributed by atoms with Crippen LogP contribution in [0, 0.1) is 0 Å². The zero-order chi connectivity index (χ0) is 30.7. The summed E-state index contributed by atoms with van der Waals surface area (Å²) >= 11 is 0. The van der Waals surface area contributed by atoms with Crippen LogP contribution in [0.15, 0.2) is 47.4 Å². The molecule has 1 aliphatic rings. The highest BCUT2D eigenvalue weighted by molar-refractivity contribution is 7.89. The normalized spacial score (nSPS) is 22.5. The molecule has 0 radical (unpaired) electrons. The Morgan fingerprint density at radius 2 is 1.67 bits per heavy atom. The van der Waals surface area contributed by atoms with Gasteiger partial charge in [-0.25, -0.2) is 13.2 Å². The van der Waals surface area contributed by atoms with Crippen molar-refractivity contribution in [1.82, 2.24) is 4.72 Å². The van der Waals surface area contributed by atoms with Gasteiger partial charge in [0.15, 0.2) is 12.0 Å². The van der Waals surface area contributed by atoms with Gasteiger partial charge in [0.05, 0.1) is 24.5 Å². The predicted molar refractivity (Wildman–Crippen MR) is 155 cm³/mol. The van der Waals surface area contributed by atoms with Crippen molar-refractivity contribution in [2.75, 3.05) is 25.1 Å². The maximum absolute atomic E-state index is 13.7. The Balaban J connectivity index is 1.94. The number of carbonyl (C=O) groups is 1. The Kier molecular flexibility index (Phi) is 13.0. The topological polar surface area (TPSA) is 184 Å². The smallest absolute Gasteiger partial charge is 0.338 e. The summed E-state index contributed by atoms with van der Waals surface area (Å²) in [5.74, 6) is -0.510. The van der Waals surface area contributed by atoms with Crippen LogP contribution in [-0.2, 0) is 19.5 Å². The van der Waals surface area contributed by atoms with Gasteiger partial charge >= 0.3 is 5.97 Å². The van der Waals surface area contributed by atoms with Crippen LogP contribution >= 0.6 is 0 Å². The molecule has 2 aromatic rings. The Hall–Kier alpha value is -2.78. The van der Waals surface area contributed by atoms with Gasteiger partial charge < -0.3 is 40.0 Å². The van der Waals surface area contributed by atoms with Crippen molar-refractivity contribution < 1.29 is 47.8 Å². The number of benzene rings is 2. The average Bonchev–Trinajstić information content (AvgIpc) is 2.98. The number of hydrogen-bond acceptors (Lipinski definition) is 11. The Morgan fingerprint density at radius 3 is 2.38 bits per heavy atom. The molecule has 2 aromatic carbocycles. The summed E-state index contributed by atoms with van der Waals surface area (Å²) in [6, 6.07) is 10.8. The van der Waals surface area contributed by atoms with E-state index >= 15 is 0 Å². The Labute approximate surface area is 246 Å². The summed E-state index contributed by atoms with van der Waals surface area (Å²) in [5.41, 5.74) is 0.591. The fraction of sp³-hybridized carbons (Fsp3) is 0.552. The molecule has 1 heterocycles. The first-order valence-electron chi connectivity index (χ1n) is 14.3. The molecule has 3 rings (SSSR count). The van der Waals surface area contributed by atoms with Crippen molar-refractivity contribution >= 4 is 21.7 Å². The van der Waals surface area contributed by atoms with Gasteiger partial charge in [0.1, 0.15) is 35.1 Å². The summed E-state index contributed by atoms with van der Waals surface area (Å²) in [6.07, 6.45) is -2.91. The molecule has 0 bridgehead atoms. The molecule has 6 N–H and O–H groups in total. The van der Waals surface area contributed by atoms with Crippen LogP contribution in [0.5, 0.6) is 11.5 Å². The lowest BCUT2D eigenvalue weighted by Crippen LogP contribution is -2.63. The summed E-state index contributed by atoms with van der Waals surface area (Å²) in [5, 5.41) is 43.4. The van der Waals surface area contributed by atoms with E-state index in [9.17, 15) is 33.6 Å². The van der Waals surface area contributed by atoms with E-state index in [1.54, 1.807) is 24.3 Å². The first-order valence-corrected chi connectivity index (χ1v) is 15.8. The van der Waals surface area contributed by atoms with Gasteiger partial charge in [-0.05, 0) is 43.2 Å². The third-order valence-corrected chi connectivity index (χ3v) is 8.26. The van der Waals surface area contributed by atoms with Gasteiger partial charge in [-0.2, -0.15) is 4.72 Å². The van der Waals surface area contributed by atoms with Crippen molar-refractivity contribution in [2.45, 2.75) is 87.9 Å². The molecule has 0 aliphatic carbocycles. The summed E-state index contributed by atoms with van der Waals surface area (Å²) in [6.45, 7) is 4.23. The Morgan fingerprint density at radius 1 is 0.929 bits per heavy atom. The lowest BCUT2D eigenvalue weighted by atomic mass is 9.99. The highest BCUT2D eigenvalue weighted by atomic mass is 32.2. The number of unbranched alkanes of at least 4 members (excludes halogenated alkanes) is 4. The molecule has 12 nitrogen and oxygen atoms in total. The Bertz CT molecular complexity index is 1260. The highest BCUT2D eigenvalue weighted by Crippen LogP contribution is 2.35. The number of rotatable bonds is 16. The molecule has 0 saturated carbocycles. The summed E-state index contributed by atoms with van der Waals surface area (Å²) < 4.78 is 46.3. The third kappa shape index (κ3) is 8.86. The zero-order valence-corrected chi connectivity index (χ0v) is 24.8. The molecular formula is C29H42N2O10S. The molecule has 1 aliphatic heterocycles. The maximum atomic E-state index is 13.7. The number of carbonyl (C=O) groups excluding carboxylic acids is 1. The number of sulfonamides is 1. The van der Waals surface area contributed by atoms with E-state index in [-0.39, 0.29) is 17.9 Å². The van der Waals surface area contributed by atoms with E-state index in [0.29, 0.717) is 24.4 Å². The minimum Gasteiger partial charge on any atom is -0.462 e. The van der Waals surface area contributed by atoms with Crippen molar-refractivity contribution in [3.8, 4) is 11.5 Å². The predicted octanol–water partition coefficient (Wildman–Crippen LogP) is 2.51. The number of hydrogen-bond donors (Lipinski definition) is 6. The van der Waals surface area contributed by atoms with E-state index in [0.717, 1.165) is 38.2 Å². The number of para-hydroxylation sites is 2. The van der Waals surface area contributed by atoms with Gasteiger partial charge in [-0.15, -0.1) is 0 Å². The number of nitrogens with one attached hydrogen (secondary N) is 2. The largest absolute Gasteiger partial charge is 0.462 e. The van der Waals surface area contributed by atoms with Crippen LogP contribution in [-0.4, -0.2) is 85.2 Å². The molecule has 0 amide bonds. The van der Waals surface area contributed by atoms with Crippen molar-refractivity contribution in [3.05, 3.63) is 48.0 Å². The third-order valence-electron chi connectivity index (χ3n) is 6.82. The van der Waals surface area contributed by atoms with Crippen LogP contribution in [0.2, 0.25) is 0 Å². The molecular weight excluding hydrogens is 568 g/mol. The minimum atomic E-state index is -4.60. The van der Waals surface area contributed by atoms with E-state index in [1.165, 1.54) is 12.1 Å². The first kappa shape index (κ1) is 33.7. The van der Waals surface area contributed by atoms with Gasteiger partial charge in [0, 0.05) is 6.54 Å². The van der Waals surface area contributed by atoms with Crippen LogP contribution in [0.1, 0.15) is 62.7 Å². The van der Waals surface area contributed by atoms with Gasteiger partial charge in [-0.1, -0.05) is 51.7 Å².